The number of rotatable bonds is 5. The summed E-state index contributed by atoms with van der Waals surface area (Å²) in [5, 5.41) is 4.82. The molecule has 2 aromatic heterocycles. The SMILES string of the molecule is Cc1cc(Nc2cc(OC3CCN(OC(=O)OC(C)(C)C)CC3)ncn2)ccn1. The van der Waals surface area contributed by atoms with Crippen LogP contribution in [0.3, 0.4) is 0 Å². The number of carbonyl (C=O) groups excluding carboxylic acids is 1. The average Bonchev–Trinajstić information content (AvgIpc) is 2.62. The highest BCUT2D eigenvalue weighted by molar-refractivity contribution is 5.60. The number of anilines is 2. The van der Waals surface area contributed by atoms with Crippen molar-refractivity contribution in [3.05, 3.63) is 36.4 Å². The lowest BCUT2D eigenvalue weighted by Gasteiger charge is -2.30. The van der Waals surface area contributed by atoms with Crippen LogP contribution >= 0.6 is 0 Å². The molecule has 0 bridgehead atoms. The molecule has 0 aromatic carbocycles. The summed E-state index contributed by atoms with van der Waals surface area (Å²) in [6.07, 6.45) is 3.92. The van der Waals surface area contributed by atoms with Crippen molar-refractivity contribution in [3.8, 4) is 5.88 Å². The van der Waals surface area contributed by atoms with Crippen LogP contribution in [0.15, 0.2) is 30.7 Å². The van der Waals surface area contributed by atoms with Crippen molar-refractivity contribution in [2.24, 2.45) is 0 Å². The molecule has 0 unspecified atom stereocenters. The minimum atomic E-state index is -0.685. The Labute approximate surface area is 170 Å². The summed E-state index contributed by atoms with van der Waals surface area (Å²) in [6, 6.07) is 5.57. The molecule has 0 saturated carbocycles. The van der Waals surface area contributed by atoms with Crippen LogP contribution in [0.1, 0.15) is 39.3 Å². The van der Waals surface area contributed by atoms with E-state index in [0.717, 1.165) is 11.4 Å². The number of piperidine rings is 1. The second-order valence-electron chi connectivity index (χ2n) is 7.85. The third-order valence-corrected chi connectivity index (χ3v) is 4.09. The van der Waals surface area contributed by atoms with Gasteiger partial charge in [-0.05, 0) is 39.8 Å². The van der Waals surface area contributed by atoms with Crippen LogP contribution in [-0.2, 0) is 9.57 Å². The molecule has 1 fully saturated rings. The Morgan fingerprint density at radius 1 is 1.17 bits per heavy atom. The lowest BCUT2D eigenvalue weighted by atomic mass is 10.1. The van der Waals surface area contributed by atoms with Crippen molar-refractivity contribution >= 4 is 17.7 Å². The number of nitrogens with zero attached hydrogens (tertiary/aromatic N) is 4. The number of nitrogens with one attached hydrogen (secondary N) is 1. The fraction of sp³-hybridized carbons (Fsp3) is 0.500. The molecule has 0 spiro atoms. The Morgan fingerprint density at radius 3 is 2.62 bits per heavy atom. The van der Waals surface area contributed by atoms with Gasteiger partial charge in [0.05, 0.1) is 0 Å². The summed E-state index contributed by atoms with van der Waals surface area (Å²) < 4.78 is 11.2. The molecule has 29 heavy (non-hydrogen) atoms. The smallest absolute Gasteiger partial charge is 0.474 e. The summed E-state index contributed by atoms with van der Waals surface area (Å²) in [4.78, 5) is 29.6. The molecule has 0 radical (unpaired) electrons. The first-order valence-electron chi connectivity index (χ1n) is 9.61. The molecule has 1 saturated heterocycles. The maximum atomic E-state index is 11.8. The number of hydrogen-bond acceptors (Lipinski definition) is 9. The van der Waals surface area contributed by atoms with E-state index in [1.807, 2.05) is 19.1 Å². The number of hydrogen-bond donors (Lipinski definition) is 1. The molecule has 0 aliphatic carbocycles. The fourth-order valence-electron chi connectivity index (χ4n) is 2.83. The molecule has 0 amide bonds. The molecule has 2 aromatic rings. The second kappa shape index (κ2) is 9.04. The van der Waals surface area contributed by atoms with Gasteiger partial charge in [-0.1, -0.05) is 0 Å². The largest absolute Gasteiger partial charge is 0.528 e. The third-order valence-electron chi connectivity index (χ3n) is 4.09. The minimum Gasteiger partial charge on any atom is -0.474 e. The Kier molecular flexibility index (Phi) is 6.48. The molecule has 9 heteroatoms. The van der Waals surface area contributed by atoms with E-state index < -0.39 is 11.8 Å². The van der Waals surface area contributed by atoms with E-state index in [4.69, 9.17) is 14.3 Å². The Balaban J connectivity index is 1.48. The number of aromatic nitrogens is 3. The Morgan fingerprint density at radius 2 is 1.93 bits per heavy atom. The number of ether oxygens (including phenoxy) is 2. The van der Waals surface area contributed by atoms with Gasteiger partial charge in [-0.15, -0.1) is 5.06 Å². The van der Waals surface area contributed by atoms with Crippen molar-refractivity contribution < 1.29 is 19.1 Å². The predicted octanol–water partition coefficient (Wildman–Crippen LogP) is 3.63. The Hall–Kier alpha value is -2.94. The average molecular weight is 401 g/mol. The summed E-state index contributed by atoms with van der Waals surface area (Å²) in [5.74, 6) is 1.14. The number of carbonyl (C=O) groups is 1. The molecule has 0 atom stereocenters. The molecular weight excluding hydrogens is 374 g/mol. The lowest BCUT2D eigenvalue weighted by molar-refractivity contribution is -0.159. The lowest BCUT2D eigenvalue weighted by Crippen LogP contribution is -2.40. The van der Waals surface area contributed by atoms with Gasteiger partial charge in [0, 0.05) is 49.6 Å². The molecule has 9 nitrogen and oxygen atoms in total. The predicted molar refractivity (Wildman–Crippen MR) is 107 cm³/mol. The fourth-order valence-corrected chi connectivity index (χ4v) is 2.83. The van der Waals surface area contributed by atoms with Gasteiger partial charge in [0.25, 0.3) is 0 Å². The third kappa shape index (κ3) is 6.86. The van der Waals surface area contributed by atoms with Gasteiger partial charge in [-0.3, -0.25) is 4.98 Å². The van der Waals surface area contributed by atoms with Gasteiger partial charge in [0.2, 0.25) is 5.88 Å². The van der Waals surface area contributed by atoms with Crippen LogP contribution in [0.2, 0.25) is 0 Å². The standard InChI is InChI=1S/C20H27N5O4/c1-14-11-15(5-8-21-14)24-17-12-18(23-13-22-17)27-16-6-9-25(10-7-16)29-19(26)28-20(2,3)4/h5,8,11-13,16H,6-7,9-10H2,1-4H3,(H,21,22,23,24). The van der Waals surface area contributed by atoms with Crippen LogP contribution < -0.4 is 10.1 Å². The minimum absolute atomic E-state index is 0.0144. The van der Waals surface area contributed by atoms with Gasteiger partial charge in [-0.25, -0.2) is 14.8 Å². The van der Waals surface area contributed by atoms with Crippen LogP contribution in [-0.4, -0.2) is 51.0 Å². The van der Waals surface area contributed by atoms with Crippen molar-refractivity contribution in [3.63, 3.8) is 0 Å². The second-order valence-corrected chi connectivity index (χ2v) is 7.85. The highest BCUT2D eigenvalue weighted by Crippen LogP contribution is 2.21. The van der Waals surface area contributed by atoms with Crippen molar-refractivity contribution in [2.75, 3.05) is 18.4 Å². The molecule has 156 valence electrons. The highest BCUT2D eigenvalue weighted by atomic mass is 16.8. The van der Waals surface area contributed by atoms with Crippen LogP contribution in [0.4, 0.5) is 16.3 Å². The molecule has 1 N–H and O–H groups in total. The van der Waals surface area contributed by atoms with Crippen LogP contribution in [0.5, 0.6) is 5.88 Å². The highest BCUT2D eigenvalue weighted by Gasteiger charge is 2.26. The molecule has 3 rings (SSSR count). The van der Waals surface area contributed by atoms with Gasteiger partial charge in [0.15, 0.2) is 0 Å². The van der Waals surface area contributed by atoms with E-state index >= 15 is 0 Å². The molecule has 1 aliphatic rings. The van der Waals surface area contributed by atoms with Gasteiger partial charge in [-0.2, -0.15) is 0 Å². The van der Waals surface area contributed by atoms with Crippen molar-refractivity contribution in [2.45, 2.75) is 52.2 Å². The van der Waals surface area contributed by atoms with E-state index in [1.54, 1.807) is 38.1 Å². The van der Waals surface area contributed by atoms with Gasteiger partial charge >= 0.3 is 6.16 Å². The topological polar surface area (TPSA) is 98.7 Å². The van der Waals surface area contributed by atoms with E-state index in [0.29, 0.717) is 37.6 Å². The maximum absolute atomic E-state index is 11.8. The van der Waals surface area contributed by atoms with Crippen LogP contribution in [0, 0.1) is 6.92 Å². The van der Waals surface area contributed by atoms with Gasteiger partial charge < -0.3 is 19.6 Å². The van der Waals surface area contributed by atoms with Crippen molar-refractivity contribution in [1.82, 2.24) is 20.0 Å². The number of hydroxylamine groups is 2. The summed E-state index contributed by atoms with van der Waals surface area (Å²) in [5.41, 5.74) is 1.24. The normalized spacial score (nSPS) is 15.6. The summed E-state index contributed by atoms with van der Waals surface area (Å²) >= 11 is 0. The number of aryl methyl sites for hydroxylation is 1. The van der Waals surface area contributed by atoms with E-state index in [1.165, 1.54) is 6.33 Å². The quantitative estimate of drug-likeness (QED) is 0.753. The Bertz CT molecular complexity index is 832. The first-order valence-corrected chi connectivity index (χ1v) is 9.61. The van der Waals surface area contributed by atoms with Crippen molar-refractivity contribution in [1.29, 1.82) is 0 Å². The maximum Gasteiger partial charge on any atom is 0.528 e. The first-order chi connectivity index (χ1) is 13.8. The first kappa shape index (κ1) is 20.8. The molecule has 3 heterocycles. The monoisotopic (exact) mass is 401 g/mol. The molecule has 1 aliphatic heterocycles. The summed E-state index contributed by atoms with van der Waals surface area (Å²) in [6.45, 7) is 8.46. The van der Waals surface area contributed by atoms with Crippen LogP contribution in [0.25, 0.3) is 0 Å². The molecular formula is C20H27N5O4. The van der Waals surface area contributed by atoms with Gasteiger partial charge in [0.1, 0.15) is 23.9 Å². The zero-order valence-corrected chi connectivity index (χ0v) is 17.2. The summed E-state index contributed by atoms with van der Waals surface area (Å²) in [7, 11) is 0. The van der Waals surface area contributed by atoms with E-state index in [9.17, 15) is 4.79 Å². The van der Waals surface area contributed by atoms with E-state index in [2.05, 4.69) is 20.3 Å². The van der Waals surface area contributed by atoms with E-state index in [-0.39, 0.29) is 6.10 Å². The zero-order chi connectivity index (χ0) is 20.9. The zero-order valence-electron chi connectivity index (χ0n) is 17.2. The number of pyridine rings is 1.